The quantitative estimate of drug-likeness (QED) is 0.516. The number of rotatable bonds is 3. The number of hydrogen-bond acceptors (Lipinski definition) is 4. The second kappa shape index (κ2) is 5.53. The first-order valence-corrected chi connectivity index (χ1v) is 5.69. The largest absolute Gasteiger partial charge is 0.399 e. The summed E-state index contributed by atoms with van der Waals surface area (Å²) in [4.78, 5) is 21.8. The average Bonchev–Trinajstić information content (AvgIpc) is 2.44. The van der Waals surface area contributed by atoms with E-state index >= 15 is 0 Å². The Morgan fingerprint density at radius 3 is 2.33 bits per heavy atom. The molecule has 0 heterocycles. The van der Waals surface area contributed by atoms with E-state index in [2.05, 4.69) is 0 Å². The SMILES string of the molecule is Nc1ccc(C(=O)Nc2c([N+](=O)[O-])ccc(F)c2F)cc1. The van der Waals surface area contributed by atoms with Gasteiger partial charge >= 0.3 is 0 Å². The van der Waals surface area contributed by atoms with Crippen LogP contribution in [0.3, 0.4) is 0 Å². The van der Waals surface area contributed by atoms with Crippen LogP contribution in [0.25, 0.3) is 0 Å². The Labute approximate surface area is 117 Å². The van der Waals surface area contributed by atoms with Gasteiger partial charge in [0.1, 0.15) is 0 Å². The van der Waals surface area contributed by atoms with Gasteiger partial charge in [0.25, 0.3) is 11.6 Å². The lowest BCUT2D eigenvalue weighted by molar-refractivity contribution is -0.384. The van der Waals surface area contributed by atoms with Crippen molar-refractivity contribution in [3.63, 3.8) is 0 Å². The molecular formula is C13H9F2N3O3. The Morgan fingerprint density at radius 1 is 1.14 bits per heavy atom. The number of nitrogen functional groups attached to an aromatic ring is 1. The number of hydrogen-bond donors (Lipinski definition) is 2. The highest BCUT2D eigenvalue weighted by atomic mass is 19.2. The Kier molecular flexibility index (Phi) is 3.79. The minimum Gasteiger partial charge on any atom is -0.399 e. The summed E-state index contributed by atoms with van der Waals surface area (Å²) in [6.45, 7) is 0. The Bertz CT molecular complexity index is 717. The van der Waals surface area contributed by atoms with Gasteiger partial charge in [0.15, 0.2) is 17.3 Å². The van der Waals surface area contributed by atoms with Gasteiger partial charge in [-0.3, -0.25) is 14.9 Å². The van der Waals surface area contributed by atoms with Crippen LogP contribution in [0, 0.1) is 21.7 Å². The summed E-state index contributed by atoms with van der Waals surface area (Å²) >= 11 is 0. The van der Waals surface area contributed by atoms with E-state index in [0.29, 0.717) is 11.8 Å². The third-order valence-corrected chi connectivity index (χ3v) is 2.68. The van der Waals surface area contributed by atoms with Gasteiger partial charge in [0.05, 0.1) is 4.92 Å². The van der Waals surface area contributed by atoms with Gasteiger partial charge in [-0.15, -0.1) is 0 Å². The summed E-state index contributed by atoms with van der Waals surface area (Å²) in [5.41, 5.74) is 4.41. The Morgan fingerprint density at radius 2 is 1.76 bits per heavy atom. The molecule has 2 aromatic carbocycles. The van der Waals surface area contributed by atoms with Gasteiger partial charge in [-0.25, -0.2) is 8.78 Å². The number of carbonyl (C=O) groups is 1. The molecule has 0 spiro atoms. The normalized spacial score (nSPS) is 10.2. The van der Waals surface area contributed by atoms with Crippen LogP contribution >= 0.6 is 0 Å². The molecule has 2 rings (SSSR count). The molecule has 108 valence electrons. The number of nitro groups is 1. The van der Waals surface area contributed by atoms with Crippen molar-refractivity contribution in [2.75, 3.05) is 11.1 Å². The van der Waals surface area contributed by atoms with E-state index in [1.807, 2.05) is 5.32 Å². The summed E-state index contributed by atoms with van der Waals surface area (Å²) < 4.78 is 26.8. The minimum atomic E-state index is -1.49. The average molecular weight is 293 g/mol. The van der Waals surface area contributed by atoms with Crippen LogP contribution in [0.15, 0.2) is 36.4 Å². The topological polar surface area (TPSA) is 98.3 Å². The first kappa shape index (κ1) is 14.4. The standard InChI is InChI=1S/C13H9F2N3O3/c14-9-5-6-10(18(20)21)12(11(9)15)17-13(19)7-1-3-8(16)4-2-7/h1-6H,16H2,(H,17,19). The summed E-state index contributed by atoms with van der Waals surface area (Å²) in [5, 5.41) is 12.8. The number of carbonyl (C=O) groups excluding carboxylic acids is 1. The van der Waals surface area contributed by atoms with E-state index in [0.717, 1.165) is 6.07 Å². The smallest absolute Gasteiger partial charge is 0.296 e. The van der Waals surface area contributed by atoms with Crippen molar-refractivity contribution in [2.24, 2.45) is 0 Å². The van der Waals surface area contributed by atoms with Crippen LogP contribution in [0.4, 0.5) is 25.8 Å². The predicted molar refractivity (Wildman–Crippen MR) is 71.8 cm³/mol. The molecule has 0 aliphatic carbocycles. The van der Waals surface area contributed by atoms with Crippen molar-refractivity contribution >= 4 is 23.0 Å². The number of amides is 1. The van der Waals surface area contributed by atoms with Crippen LogP contribution < -0.4 is 11.1 Å². The number of nitrogens with zero attached hydrogens (tertiary/aromatic N) is 1. The van der Waals surface area contributed by atoms with Crippen LogP contribution in [0.2, 0.25) is 0 Å². The molecule has 0 atom stereocenters. The molecule has 0 aromatic heterocycles. The minimum absolute atomic E-state index is 0.0992. The number of nitrogens with one attached hydrogen (secondary N) is 1. The van der Waals surface area contributed by atoms with Gasteiger partial charge in [-0.05, 0) is 30.3 Å². The van der Waals surface area contributed by atoms with E-state index in [9.17, 15) is 23.7 Å². The number of anilines is 2. The molecule has 21 heavy (non-hydrogen) atoms. The molecule has 0 aliphatic heterocycles. The molecule has 2 aromatic rings. The second-order valence-electron chi connectivity index (χ2n) is 4.09. The third-order valence-electron chi connectivity index (χ3n) is 2.68. The van der Waals surface area contributed by atoms with E-state index in [4.69, 9.17) is 5.73 Å². The first-order valence-electron chi connectivity index (χ1n) is 5.69. The molecule has 0 saturated carbocycles. The summed E-state index contributed by atoms with van der Waals surface area (Å²) in [6, 6.07) is 6.97. The predicted octanol–water partition coefficient (Wildman–Crippen LogP) is 2.71. The monoisotopic (exact) mass is 293 g/mol. The van der Waals surface area contributed by atoms with Gasteiger partial charge < -0.3 is 11.1 Å². The van der Waals surface area contributed by atoms with E-state index in [-0.39, 0.29) is 5.56 Å². The molecular weight excluding hydrogens is 284 g/mol. The highest BCUT2D eigenvalue weighted by Crippen LogP contribution is 2.29. The van der Waals surface area contributed by atoms with Crippen molar-refractivity contribution in [1.29, 1.82) is 0 Å². The zero-order valence-corrected chi connectivity index (χ0v) is 10.5. The number of halogens is 2. The van der Waals surface area contributed by atoms with E-state index in [1.54, 1.807) is 0 Å². The molecule has 3 N–H and O–H groups in total. The van der Waals surface area contributed by atoms with Crippen molar-refractivity contribution in [3.05, 3.63) is 63.7 Å². The lowest BCUT2D eigenvalue weighted by Gasteiger charge is -2.08. The second-order valence-corrected chi connectivity index (χ2v) is 4.09. The number of nitro benzene ring substituents is 1. The van der Waals surface area contributed by atoms with Crippen molar-refractivity contribution in [2.45, 2.75) is 0 Å². The lowest BCUT2D eigenvalue weighted by Crippen LogP contribution is -2.15. The fourth-order valence-electron chi connectivity index (χ4n) is 1.63. The van der Waals surface area contributed by atoms with Crippen LogP contribution in [-0.4, -0.2) is 10.8 Å². The molecule has 8 heteroatoms. The van der Waals surface area contributed by atoms with Crippen molar-refractivity contribution in [1.82, 2.24) is 0 Å². The van der Waals surface area contributed by atoms with E-state index in [1.165, 1.54) is 24.3 Å². The van der Waals surface area contributed by atoms with Crippen LogP contribution in [0.1, 0.15) is 10.4 Å². The van der Waals surface area contributed by atoms with Gasteiger partial charge in [-0.1, -0.05) is 0 Å². The van der Waals surface area contributed by atoms with Crippen molar-refractivity contribution in [3.8, 4) is 0 Å². The van der Waals surface area contributed by atoms with Gasteiger partial charge in [0.2, 0.25) is 0 Å². The maximum absolute atomic E-state index is 13.6. The molecule has 0 fully saturated rings. The Balaban J connectivity index is 2.38. The molecule has 0 unspecified atom stereocenters. The van der Waals surface area contributed by atoms with Crippen LogP contribution in [-0.2, 0) is 0 Å². The van der Waals surface area contributed by atoms with Crippen LogP contribution in [0.5, 0.6) is 0 Å². The fraction of sp³-hybridized carbons (Fsp3) is 0. The van der Waals surface area contributed by atoms with E-state index < -0.39 is 33.8 Å². The fourth-order valence-corrected chi connectivity index (χ4v) is 1.63. The Hall–Kier alpha value is -3.03. The number of benzene rings is 2. The first-order chi connectivity index (χ1) is 9.90. The molecule has 6 nitrogen and oxygen atoms in total. The maximum atomic E-state index is 13.6. The molecule has 0 bridgehead atoms. The van der Waals surface area contributed by atoms with Gasteiger partial charge in [-0.2, -0.15) is 0 Å². The van der Waals surface area contributed by atoms with Gasteiger partial charge in [0, 0.05) is 17.3 Å². The molecule has 0 saturated heterocycles. The zero-order chi connectivity index (χ0) is 15.6. The summed E-state index contributed by atoms with van der Waals surface area (Å²) in [6.07, 6.45) is 0. The highest BCUT2D eigenvalue weighted by molar-refractivity contribution is 6.05. The molecule has 0 radical (unpaired) electrons. The summed E-state index contributed by atoms with van der Waals surface area (Å²) in [7, 11) is 0. The maximum Gasteiger partial charge on any atom is 0.296 e. The highest BCUT2D eigenvalue weighted by Gasteiger charge is 2.23. The third kappa shape index (κ3) is 2.94. The van der Waals surface area contributed by atoms with Crippen molar-refractivity contribution < 1.29 is 18.5 Å². The lowest BCUT2D eigenvalue weighted by atomic mass is 10.2. The zero-order valence-electron chi connectivity index (χ0n) is 10.5. The molecule has 0 aliphatic rings. The summed E-state index contributed by atoms with van der Waals surface area (Å²) in [5.74, 6) is -3.61. The number of nitrogens with two attached hydrogens (primary N) is 1. The molecule has 1 amide bonds.